The van der Waals surface area contributed by atoms with Crippen LogP contribution in [0.4, 0.5) is 19.0 Å². The average molecular weight is 231 g/mol. The molecule has 0 fully saturated rings. The molecule has 2 aromatic heterocycles. The van der Waals surface area contributed by atoms with Gasteiger partial charge in [0, 0.05) is 6.54 Å². The van der Waals surface area contributed by atoms with Crippen LogP contribution in [0.25, 0.3) is 11.2 Å². The monoisotopic (exact) mass is 231 g/mol. The number of hydrogen-bond acceptors (Lipinski definition) is 4. The van der Waals surface area contributed by atoms with Crippen molar-refractivity contribution in [2.45, 2.75) is 19.6 Å². The van der Waals surface area contributed by atoms with Gasteiger partial charge in [-0.3, -0.25) is 0 Å². The van der Waals surface area contributed by atoms with Crippen molar-refractivity contribution >= 4 is 17.0 Å². The minimum absolute atomic E-state index is 0.0170. The van der Waals surface area contributed by atoms with Crippen LogP contribution in [0.3, 0.4) is 0 Å². The highest BCUT2D eigenvalue weighted by Crippen LogP contribution is 2.31. The van der Waals surface area contributed by atoms with Crippen molar-refractivity contribution in [3.8, 4) is 0 Å². The van der Waals surface area contributed by atoms with Crippen LogP contribution in [-0.2, 0) is 12.7 Å². The Morgan fingerprint density at radius 3 is 2.62 bits per heavy atom. The highest BCUT2D eigenvalue weighted by Gasteiger charge is 2.37. The number of hydrogen-bond donors (Lipinski definition) is 1. The molecule has 2 aromatic rings. The lowest BCUT2D eigenvalue weighted by atomic mass is 10.5. The van der Waals surface area contributed by atoms with E-state index in [1.165, 1.54) is 0 Å². The zero-order valence-corrected chi connectivity index (χ0v) is 8.28. The molecule has 0 bridgehead atoms. The molecule has 86 valence electrons. The predicted octanol–water partition coefficient (Wildman–Crippen LogP) is 1.45. The zero-order valence-electron chi connectivity index (χ0n) is 8.28. The van der Waals surface area contributed by atoms with Gasteiger partial charge in [0.05, 0.1) is 0 Å². The fourth-order valence-electron chi connectivity index (χ4n) is 1.47. The maximum absolute atomic E-state index is 12.6. The van der Waals surface area contributed by atoms with Crippen LogP contribution in [0.15, 0.2) is 6.33 Å². The van der Waals surface area contributed by atoms with Crippen LogP contribution < -0.4 is 5.73 Å². The topological polar surface area (TPSA) is 69.6 Å². The van der Waals surface area contributed by atoms with E-state index in [1.54, 1.807) is 6.92 Å². The second kappa shape index (κ2) is 3.32. The number of aryl methyl sites for hydroxylation is 1. The molecule has 8 heteroatoms. The highest BCUT2D eigenvalue weighted by molar-refractivity contribution is 5.81. The number of imidazole rings is 1. The molecule has 0 atom stereocenters. The largest absolute Gasteiger partial charge is 0.449 e. The van der Waals surface area contributed by atoms with Crippen LogP contribution in [-0.4, -0.2) is 19.5 Å². The molecular weight excluding hydrogens is 223 g/mol. The maximum Gasteiger partial charge on any atom is 0.449 e. The van der Waals surface area contributed by atoms with Crippen LogP contribution in [0.2, 0.25) is 0 Å². The van der Waals surface area contributed by atoms with Gasteiger partial charge in [-0.25, -0.2) is 15.0 Å². The second-order valence-corrected chi connectivity index (χ2v) is 3.11. The van der Waals surface area contributed by atoms with Gasteiger partial charge in [0.15, 0.2) is 17.0 Å². The first-order chi connectivity index (χ1) is 7.45. The van der Waals surface area contributed by atoms with Gasteiger partial charge in [0.25, 0.3) is 0 Å². The van der Waals surface area contributed by atoms with Crippen molar-refractivity contribution < 1.29 is 13.2 Å². The summed E-state index contributed by atoms with van der Waals surface area (Å²) in [6.45, 7) is 1.69. The predicted molar refractivity (Wildman–Crippen MR) is 50.4 cm³/mol. The minimum Gasteiger partial charge on any atom is -0.382 e. The van der Waals surface area contributed by atoms with Crippen molar-refractivity contribution in [1.82, 2.24) is 19.5 Å². The van der Waals surface area contributed by atoms with E-state index < -0.39 is 12.0 Å². The summed E-state index contributed by atoms with van der Waals surface area (Å²) < 4.78 is 38.9. The number of anilines is 1. The summed E-state index contributed by atoms with van der Waals surface area (Å²) in [7, 11) is 0. The van der Waals surface area contributed by atoms with E-state index in [0.717, 1.165) is 10.9 Å². The fraction of sp³-hybridized carbons (Fsp3) is 0.375. The number of nitrogens with zero attached hydrogens (tertiary/aromatic N) is 4. The number of nitrogen functional groups attached to an aromatic ring is 1. The van der Waals surface area contributed by atoms with Crippen molar-refractivity contribution in [3.63, 3.8) is 0 Å². The lowest BCUT2D eigenvalue weighted by Crippen LogP contribution is -2.14. The van der Waals surface area contributed by atoms with Crippen LogP contribution >= 0.6 is 0 Å². The molecule has 0 saturated carbocycles. The molecule has 16 heavy (non-hydrogen) atoms. The summed E-state index contributed by atoms with van der Waals surface area (Å²) in [5, 5.41) is 0. The molecule has 2 N–H and O–H groups in total. The third kappa shape index (κ3) is 1.46. The molecule has 0 unspecified atom stereocenters. The summed E-state index contributed by atoms with van der Waals surface area (Å²) in [5.41, 5.74) is 5.52. The van der Waals surface area contributed by atoms with Crippen molar-refractivity contribution in [3.05, 3.63) is 12.2 Å². The summed E-state index contributed by atoms with van der Waals surface area (Å²) in [6.07, 6.45) is -3.41. The Morgan fingerprint density at radius 1 is 1.38 bits per heavy atom. The molecule has 0 radical (unpaired) electrons. The molecular formula is C8H8F3N5. The van der Waals surface area contributed by atoms with E-state index in [0.29, 0.717) is 0 Å². The Kier molecular flexibility index (Phi) is 2.21. The normalized spacial score (nSPS) is 12.2. The van der Waals surface area contributed by atoms with Gasteiger partial charge < -0.3 is 10.3 Å². The minimum atomic E-state index is -4.52. The summed E-state index contributed by atoms with van der Waals surface area (Å²) >= 11 is 0. The molecule has 5 nitrogen and oxygen atoms in total. The van der Waals surface area contributed by atoms with Gasteiger partial charge in [0.2, 0.25) is 5.82 Å². The lowest BCUT2D eigenvalue weighted by Gasteiger charge is -2.07. The zero-order chi connectivity index (χ0) is 11.9. The number of aromatic nitrogens is 4. The van der Waals surface area contributed by atoms with Gasteiger partial charge in [-0.2, -0.15) is 13.2 Å². The Hall–Kier alpha value is -1.86. The van der Waals surface area contributed by atoms with E-state index in [2.05, 4.69) is 15.0 Å². The second-order valence-electron chi connectivity index (χ2n) is 3.11. The van der Waals surface area contributed by atoms with Gasteiger partial charge >= 0.3 is 6.18 Å². The number of alkyl halides is 3. The Morgan fingerprint density at radius 2 is 2.06 bits per heavy atom. The van der Waals surface area contributed by atoms with Crippen molar-refractivity contribution in [2.24, 2.45) is 0 Å². The Bertz CT molecular complexity index is 530. The number of nitrogens with two attached hydrogens (primary N) is 1. The van der Waals surface area contributed by atoms with E-state index in [9.17, 15) is 13.2 Å². The Labute approximate surface area is 88.1 Å². The first-order valence-electron chi connectivity index (χ1n) is 4.49. The van der Waals surface area contributed by atoms with E-state index >= 15 is 0 Å². The summed E-state index contributed by atoms with van der Waals surface area (Å²) in [4.78, 5) is 10.8. The number of rotatable bonds is 1. The first-order valence-corrected chi connectivity index (χ1v) is 4.49. The van der Waals surface area contributed by atoms with E-state index in [4.69, 9.17) is 5.73 Å². The quantitative estimate of drug-likeness (QED) is 0.806. The molecule has 2 heterocycles. The molecule has 0 spiro atoms. The first kappa shape index (κ1) is 10.7. The summed E-state index contributed by atoms with van der Waals surface area (Å²) in [5.74, 6) is -1.06. The van der Waals surface area contributed by atoms with Crippen molar-refractivity contribution in [2.75, 3.05) is 5.73 Å². The Balaban J connectivity index is 2.81. The SMILES string of the molecule is CCn1c(C(F)(F)F)nc2c(N)ncnc21. The van der Waals surface area contributed by atoms with Gasteiger partial charge in [-0.15, -0.1) is 0 Å². The van der Waals surface area contributed by atoms with Crippen molar-refractivity contribution in [1.29, 1.82) is 0 Å². The third-order valence-electron chi connectivity index (χ3n) is 2.13. The van der Waals surface area contributed by atoms with Gasteiger partial charge in [-0.1, -0.05) is 0 Å². The van der Waals surface area contributed by atoms with E-state index in [-0.39, 0.29) is 23.5 Å². The van der Waals surface area contributed by atoms with E-state index in [1.807, 2.05) is 0 Å². The number of fused-ring (bicyclic) bond motifs is 1. The van der Waals surface area contributed by atoms with Crippen LogP contribution in [0.1, 0.15) is 12.7 Å². The maximum atomic E-state index is 12.6. The smallest absolute Gasteiger partial charge is 0.382 e. The van der Waals surface area contributed by atoms with Crippen LogP contribution in [0, 0.1) is 0 Å². The molecule has 0 aliphatic rings. The highest BCUT2D eigenvalue weighted by atomic mass is 19.4. The summed E-state index contributed by atoms with van der Waals surface area (Å²) in [6, 6.07) is 0. The molecule has 2 rings (SSSR count). The molecule has 0 aliphatic heterocycles. The molecule has 0 aliphatic carbocycles. The third-order valence-corrected chi connectivity index (χ3v) is 2.13. The van der Waals surface area contributed by atoms with Crippen LogP contribution in [0.5, 0.6) is 0 Å². The fourth-order valence-corrected chi connectivity index (χ4v) is 1.47. The van der Waals surface area contributed by atoms with Gasteiger partial charge in [-0.05, 0) is 6.92 Å². The molecule has 0 aromatic carbocycles. The molecule has 0 saturated heterocycles. The average Bonchev–Trinajstić information content (AvgIpc) is 2.57. The molecule has 0 amide bonds. The standard InChI is InChI=1S/C8H8F3N5/c1-2-16-6-4(5(12)13-3-14-6)15-7(16)8(9,10)11/h3H,2H2,1H3,(H2,12,13,14). The van der Waals surface area contributed by atoms with Gasteiger partial charge in [0.1, 0.15) is 6.33 Å². The lowest BCUT2D eigenvalue weighted by molar-refractivity contribution is -0.146. The number of halogens is 3.